The van der Waals surface area contributed by atoms with Crippen molar-refractivity contribution in [2.45, 2.75) is 19.1 Å². The number of nitrogens with zero attached hydrogens (tertiary/aromatic N) is 2. The lowest BCUT2D eigenvalue weighted by Crippen LogP contribution is -2.35. The fraction of sp³-hybridized carbons (Fsp3) is 0.357. The molecule has 0 aliphatic heterocycles. The van der Waals surface area contributed by atoms with Crippen LogP contribution in [0.2, 0.25) is 5.02 Å². The van der Waals surface area contributed by atoms with E-state index >= 15 is 0 Å². The SMILES string of the molecule is Cn1cc(C(C)(O)CNCc2cc(Cl)ccc2F)cn1. The molecule has 0 fully saturated rings. The quantitative estimate of drug-likeness (QED) is 0.889. The Labute approximate surface area is 122 Å². The van der Waals surface area contributed by atoms with E-state index < -0.39 is 5.60 Å². The Bertz CT molecular complexity index is 598. The van der Waals surface area contributed by atoms with E-state index in [1.165, 1.54) is 12.1 Å². The van der Waals surface area contributed by atoms with Crippen molar-refractivity contribution in [3.63, 3.8) is 0 Å². The Kier molecular flexibility index (Phi) is 4.42. The summed E-state index contributed by atoms with van der Waals surface area (Å²) in [5.74, 6) is -0.317. The van der Waals surface area contributed by atoms with E-state index in [0.717, 1.165) is 0 Å². The van der Waals surface area contributed by atoms with Gasteiger partial charge in [0.2, 0.25) is 0 Å². The minimum atomic E-state index is -1.07. The predicted molar refractivity (Wildman–Crippen MR) is 75.9 cm³/mol. The van der Waals surface area contributed by atoms with Gasteiger partial charge in [0.1, 0.15) is 11.4 Å². The lowest BCUT2D eigenvalue weighted by Gasteiger charge is -2.22. The molecule has 0 saturated carbocycles. The summed E-state index contributed by atoms with van der Waals surface area (Å²) in [6.45, 7) is 2.26. The maximum atomic E-state index is 13.5. The first kappa shape index (κ1) is 15.0. The number of nitrogens with one attached hydrogen (secondary N) is 1. The molecule has 1 aromatic heterocycles. The first-order chi connectivity index (χ1) is 9.38. The number of aliphatic hydroxyl groups is 1. The van der Waals surface area contributed by atoms with Crippen LogP contribution in [0, 0.1) is 5.82 Å². The molecule has 1 aromatic carbocycles. The topological polar surface area (TPSA) is 50.1 Å². The molecule has 0 radical (unpaired) electrons. The first-order valence-electron chi connectivity index (χ1n) is 6.24. The molecule has 0 saturated heterocycles. The Balaban J connectivity index is 1.97. The van der Waals surface area contributed by atoms with Crippen molar-refractivity contribution in [3.8, 4) is 0 Å². The fourth-order valence-electron chi connectivity index (χ4n) is 1.92. The van der Waals surface area contributed by atoms with Crippen molar-refractivity contribution in [2.24, 2.45) is 7.05 Å². The third kappa shape index (κ3) is 3.56. The van der Waals surface area contributed by atoms with Gasteiger partial charge in [-0.2, -0.15) is 5.10 Å². The highest BCUT2D eigenvalue weighted by molar-refractivity contribution is 6.30. The van der Waals surface area contributed by atoms with Crippen LogP contribution in [0.4, 0.5) is 4.39 Å². The van der Waals surface area contributed by atoms with Gasteiger partial charge in [-0.3, -0.25) is 4.68 Å². The lowest BCUT2D eigenvalue weighted by atomic mass is 9.99. The van der Waals surface area contributed by atoms with Crippen LogP contribution in [-0.4, -0.2) is 21.4 Å². The molecule has 2 aromatic rings. The molecule has 0 spiro atoms. The van der Waals surface area contributed by atoms with Crippen LogP contribution in [0.5, 0.6) is 0 Å². The highest BCUT2D eigenvalue weighted by Gasteiger charge is 2.24. The zero-order valence-electron chi connectivity index (χ0n) is 11.4. The van der Waals surface area contributed by atoms with E-state index in [9.17, 15) is 9.50 Å². The van der Waals surface area contributed by atoms with Crippen LogP contribution in [0.3, 0.4) is 0 Å². The van der Waals surface area contributed by atoms with Gasteiger partial charge in [-0.05, 0) is 25.1 Å². The van der Waals surface area contributed by atoms with Crippen LogP contribution in [0.15, 0.2) is 30.6 Å². The average Bonchev–Trinajstić information content (AvgIpc) is 2.81. The molecule has 0 amide bonds. The molecular formula is C14H17ClFN3O. The summed E-state index contributed by atoms with van der Waals surface area (Å²) in [4.78, 5) is 0. The zero-order valence-corrected chi connectivity index (χ0v) is 12.2. The molecule has 2 rings (SSSR count). The lowest BCUT2D eigenvalue weighted by molar-refractivity contribution is 0.0565. The minimum Gasteiger partial charge on any atom is -0.384 e. The summed E-state index contributed by atoms with van der Waals surface area (Å²) in [7, 11) is 1.79. The van der Waals surface area contributed by atoms with Gasteiger partial charge < -0.3 is 10.4 Å². The van der Waals surface area contributed by atoms with Crippen molar-refractivity contribution in [1.82, 2.24) is 15.1 Å². The van der Waals surface area contributed by atoms with Crippen LogP contribution in [0.25, 0.3) is 0 Å². The van der Waals surface area contributed by atoms with Crippen LogP contribution >= 0.6 is 11.6 Å². The molecule has 0 aliphatic rings. The molecule has 0 aliphatic carbocycles. The second-order valence-electron chi connectivity index (χ2n) is 5.02. The Morgan fingerprint density at radius 3 is 2.90 bits per heavy atom. The summed E-state index contributed by atoms with van der Waals surface area (Å²) >= 11 is 5.83. The third-order valence-corrected chi connectivity index (χ3v) is 3.35. The van der Waals surface area contributed by atoms with Crippen molar-refractivity contribution in [1.29, 1.82) is 0 Å². The summed E-state index contributed by atoms with van der Waals surface area (Å²) in [6.07, 6.45) is 3.36. The summed E-state index contributed by atoms with van der Waals surface area (Å²) in [5, 5.41) is 17.9. The van der Waals surface area contributed by atoms with Gasteiger partial charge in [-0.15, -0.1) is 0 Å². The average molecular weight is 298 g/mol. The van der Waals surface area contributed by atoms with Crippen molar-refractivity contribution < 1.29 is 9.50 Å². The van der Waals surface area contributed by atoms with Gasteiger partial charge in [-0.1, -0.05) is 11.6 Å². The second kappa shape index (κ2) is 5.91. The predicted octanol–water partition coefficient (Wildman–Crippen LogP) is 2.21. The van der Waals surface area contributed by atoms with E-state index in [1.807, 2.05) is 0 Å². The maximum Gasteiger partial charge on any atom is 0.127 e. The van der Waals surface area contributed by atoms with Gasteiger partial charge in [0, 0.05) is 42.5 Å². The Hall–Kier alpha value is -1.43. The largest absolute Gasteiger partial charge is 0.384 e. The summed E-state index contributed by atoms with van der Waals surface area (Å²) < 4.78 is 15.2. The fourth-order valence-corrected chi connectivity index (χ4v) is 2.12. The molecule has 1 atom stereocenters. The molecule has 2 N–H and O–H groups in total. The van der Waals surface area contributed by atoms with E-state index in [1.54, 1.807) is 37.1 Å². The minimum absolute atomic E-state index is 0.282. The first-order valence-corrected chi connectivity index (χ1v) is 6.62. The normalized spacial score (nSPS) is 14.2. The van der Waals surface area contributed by atoms with Gasteiger partial charge in [-0.25, -0.2) is 4.39 Å². The molecule has 6 heteroatoms. The molecule has 1 heterocycles. The van der Waals surface area contributed by atoms with Gasteiger partial charge in [0.05, 0.1) is 6.20 Å². The third-order valence-electron chi connectivity index (χ3n) is 3.12. The van der Waals surface area contributed by atoms with Crippen LogP contribution < -0.4 is 5.32 Å². The van der Waals surface area contributed by atoms with E-state index in [0.29, 0.717) is 22.7 Å². The highest BCUT2D eigenvalue weighted by atomic mass is 35.5. The summed E-state index contributed by atoms with van der Waals surface area (Å²) in [6, 6.07) is 4.41. The standard InChI is InChI=1S/C14H17ClFN3O/c1-14(20,11-7-18-19(2)8-11)9-17-6-10-5-12(15)3-4-13(10)16/h3-5,7-8,17,20H,6,9H2,1-2H3. The molecule has 1 unspecified atom stereocenters. The Morgan fingerprint density at radius 2 is 2.25 bits per heavy atom. The summed E-state index contributed by atoms with van der Waals surface area (Å²) in [5.41, 5.74) is 0.113. The zero-order chi connectivity index (χ0) is 14.8. The second-order valence-corrected chi connectivity index (χ2v) is 5.45. The number of aryl methyl sites for hydroxylation is 1. The van der Waals surface area contributed by atoms with Gasteiger partial charge >= 0.3 is 0 Å². The van der Waals surface area contributed by atoms with Crippen molar-refractivity contribution >= 4 is 11.6 Å². The number of halogens is 2. The number of hydrogen-bond acceptors (Lipinski definition) is 3. The highest BCUT2D eigenvalue weighted by Crippen LogP contribution is 2.19. The number of benzene rings is 1. The number of rotatable bonds is 5. The van der Waals surface area contributed by atoms with E-state index in [-0.39, 0.29) is 12.4 Å². The van der Waals surface area contributed by atoms with Crippen molar-refractivity contribution in [2.75, 3.05) is 6.54 Å². The molecule has 108 valence electrons. The molecule has 0 bridgehead atoms. The van der Waals surface area contributed by atoms with Crippen LogP contribution in [0.1, 0.15) is 18.1 Å². The molecule has 4 nitrogen and oxygen atoms in total. The molecular weight excluding hydrogens is 281 g/mol. The smallest absolute Gasteiger partial charge is 0.127 e. The van der Waals surface area contributed by atoms with E-state index in [4.69, 9.17) is 11.6 Å². The molecule has 20 heavy (non-hydrogen) atoms. The van der Waals surface area contributed by atoms with Gasteiger partial charge in [0.25, 0.3) is 0 Å². The Morgan fingerprint density at radius 1 is 1.50 bits per heavy atom. The number of aromatic nitrogens is 2. The van der Waals surface area contributed by atoms with Crippen LogP contribution in [-0.2, 0) is 19.2 Å². The maximum absolute atomic E-state index is 13.5. The van der Waals surface area contributed by atoms with Gasteiger partial charge in [0.15, 0.2) is 0 Å². The monoisotopic (exact) mass is 297 g/mol. The number of hydrogen-bond donors (Lipinski definition) is 2. The van der Waals surface area contributed by atoms with E-state index in [2.05, 4.69) is 10.4 Å². The van der Waals surface area contributed by atoms with Crippen molar-refractivity contribution in [3.05, 3.63) is 52.6 Å².